The second-order valence-electron chi connectivity index (χ2n) is 6.08. The summed E-state index contributed by atoms with van der Waals surface area (Å²) in [7, 11) is 0. The zero-order chi connectivity index (χ0) is 14.7. The average molecular weight is 289 g/mol. The summed E-state index contributed by atoms with van der Waals surface area (Å²) in [5.74, 6) is 0.813. The number of nitrogens with zero attached hydrogens (tertiary/aromatic N) is 2. The molecule has 3 rings (SSSR count). The number of piperazine rings is 1. The van der Waals surface area contributed by atoms with E-state index >= 15 is 0 Å². The van der Waals surface area contributed by atoms with Crippen LogP contribution in [-0.4, -0.2) is 43.7 Å². The first-order chi connectivity index (χ1) is 10.3. The Kier molecular flexibility index (Phi) is 4.54. The summed E-state index contributed by atoms with van der Waals surface area (Å²) in [5, 5.41) is 0. The molecule has 1 aromatic carbocycles. The molecule has 0 radical (unpaired) electrons. The summed E-state index contributed by atoms with van der Waals surface area (Å²) >= 11 is 0. The Hall–Kier alpha value is -1.42. The smallest absolute Gasteiger partial charge is 0.144 e. The standard InChI is InChI=1S/C17H27N3O/c1-2-21-16-9-5-8-15(17(16)18)20-12-10-19(11-13-20)14-6-3-4-7-14/h5,8-9,14H,2-4,6-7,10-13,18H2,1H3. The quantitative estimate of drug-likeness (QED) is 0.865. The molecule has 116 valence electrons. The van der Waals surface area contributed by atoms with Crippen LogP contribution in [0.2, 0.25) is 0 Å². The Bertz CT molecular complexity index is 463. The Morgan fingerprint density at radius 3 is 2.52 bits per heavy atom. The van der Waals surface area contributed by atoms with E-state index in [0.717, 1.165) is 49.3 Å². The van der Waals surface area contributed by atoms with Crippen molar-refractivity contribution in [1.82, 2.24) is 4.90 Å². The summed E-state index contributed by atoms with van der Waals surface area (Å²) in [6.07, 6.45) is 5.60. The molecule has 1 saturated carbocycles. The summed E-state index contributed by atoms with van der Waals surface area (Å²) in [6, 6.07) is 6.94. The maximum absolute atomic E-state index is 6.28. The maximum Gasteiger partial charge on any atom is 0.144 e. The van der Waals surface area contributed by atoms with Crippen molar-refractivity contribution < 1.29 is 4.74 Å². The molecule has 4 nitrogen and oxygen atoms in total. The van der Waals surface area contributed by atoms with Crippen LogP contribution in [0.4, 0.5) is 11.4 Å². The highest BCUT2D eigenvalue weighted by molar-refractivity contribution is 5.74. The monoisotopic (exact) mass is 289 g/mol. The van der Waals surface area contributed by atoms with Gasteiger partial charge in [0.15, 0.2) is 0 Å². The number of ether oxygens (including phenoxy) is 1. The van der Waals surface area contributed by atoms with E-state index in [1.54, 1.807) is 0 Å². The normalized spacial score (nSPS) is 20.9. The SMILES string of the molecule is CCOc1cccc(N2CCN(C3CCCC3)CC2)c1N. The Labute approximate surface area is 127 Å². The molecule has 1 aromatic rings. The molecule has 0 bridgehead atoms. The summed E-state index contributed by atoms with van der Waals surface area (Å²) in [5.41, 5.74) is 8.19. The lowest BCUT2D eigenvalue weighted by atomic mass is 10.1. The largest absolute Gasteiger partial charge is 0.492 e. The summed E-state index contributed by atoms with van der Waals surface area (Å²) in [6.45, 7) is 7.09. The molecule has 0 amide bonds. The van der Waals surface area contributed by atoms with E-state index in [-0.39, 0.29) is 0 Å². The zero-order valence-corrected chi connectivity index (χ0v) is 13.1. The summed E-state index contributed by atoms with van der Waals surface area (Å²) < 4.78 is 5.61. The van der Waals surface area contributed by atoms with E-state index in [9.17, 15) is 0 Å². The molecule has 2 fully saturated rings. The zero-order valence-electron chi connectivity index (χ0n) is 13.1. The van der Waals surface area contributed by atoms with E-state index in [4.69, 9.17) is 10.5 Å². The highest BCUT2D eigenvalue weighted by atomic mass is 16.5. The lowest BCUT2D eigenvalue weighted by molar-refractivity contribution is 0.187. The van der Waals surface area contributed by atoms with Gasteiger partial charge < -0.3 is 15.4 Å². The van der Waals surface area contributed by atoms with Crippen LogP contribution in [0.1, 0.15) is 32.6 Å². The van der Waals surface area contributed by atoms with Gasteiger partial charge in [0.2, 0.25) is 0 Å². The fraction of sp³-hybridized carbons (Fsp3) is 0.647. The van der Waals surface area contributed by atoms with Gasteiger partial charge >= 0.3 is 0 Å². The first-order valence-electron chi connectivity index (χ1n) is 8.30. The van der Waals surface area contributed by atoms with Crippen LogP contribution < -0.4 is 15.4 Å². The molecule has 1 aliphatic carbocycles. The molecule has 1 heterocycles. The molecule has 0 unspecified atom stereocenters. The van der Waals surface area contributed by atoms with Crippen LogP contribution in [0.15, 0.2) is 18.2 Å². The lowest BCUT2D eigenvalue weighted by Gasteiger charge is -2.39. The topological polar surface area (TPSA) is 41.7 Å². The van der Waals surface area contributed by atoms with Crippen LogP contribution in [-0.2, 0) is 0 Å². The highest BCUT2D eigenvalue weighted by Gasteiger charge is 2.26. The van der Waals surface area contributed by atoms with Gasteiger partial charge in [-0.25, -0.2) is 0 Å². The van der Waals surface area contributed by atoms with Gasteiger partial charge in [-0.2, -0.15) is 0 Å². The minimum Gasteiger partial charge on any atom is -0.492 e. The molecule has 1 aliphatic heterocycles. The molecular weight excluding hydrogens is 262 g/mol. The van der Waals surface area contributed by atoms with Crippen LogP contribution in [0.5, 0.6) is 5.75 Å². The number of hydrogen-bond donors (Lipinski definition) is 1. The van der Waals surface area contributed by atoms with Crippen molar-refractivity contribution in [1.29, 1.82) is 0 Å². The first kappa shape index (κ1) is 14.5. The number of para-hydroxylation sites is 1. The number of rotatable bonds is 4. The van der Waals surface area contributed by atoms with Crippen LogP contribution >= 0.6 is 0 Å². The van der Waals surface area contributed by atoms with Gasteiger partial charge in [-0.1, -0.05) is 18.9 Å². The van der Waals surface area contributed by atoms with Crippen LogP contribution in [0, 0.1) is 0 Å². The van der Waals surface area contributed by atoms with E-state index < -0.39 is 0 Å². The molecule has 2 N–H and O–H groups in total. The molecule has 21 heavy (non-hydrogen) atoms. The maximum atomic E-state index is 6.28. The van der Waals surface area contributed by atoms with Crippen LogP contribution in [0.25, 0.3) is 0 Å². The highest BCUT2D eigenvalue weighted by Crippen LogP contribution is 2.33. The Morgan fingerprint density at radius 1 is 1.14 bits per heavy atom. The van der Waals surface area contributed by atoms with Gasteiger partial charge in [0.25, 0.3) is 0 Å². The number of nitrogens with two attached hydrogens (primary N) is 1. The van der Waals surface area contributed by atoms with Crippen LogP contribution in [0.3, 0.4) is 0 Å². The fourth-order valence-electron chi connectivity index (χ4n) is 3.69. The fourth-order valence-corrected chi connectivity index (χ4v) is 3.69. The van der Waals surface area contributed by atoms with Crippen molar-refractivity contribution in [2.75, 3.05) is 43.4 Å². The molecule has 4 heteroatoms. The molecule has 0 spiro atoms. The van der Waals surface area contributed by atoms with E-state index in [1.165, 1.54) is 25.7 Å². The van der Waals surface area contributed by atoms with E-state index in [2.05, 4.69) is 15.9 Å². The number of hydrogen-bond acceptors (Lipinski definition) is 4. The van der Waals surface area contributed by atoms with E-state index in [0.29, 0.717) is 6.61 Å². The molecular formula is C17H27N3O. The van der Waals surface area contributed by atoms with Gasteiger partial charge in [0, 0.05) is 32.2 Å². The first-order valence-corrected chi connectivity index (χ1v) is 8.30. The molecule has 2 aliphatic rings. The minimum absolute atomic E-state index is 0.656. The van der Waals surface area contributed by atoms with Gasteiger partial charge in [0.1, 0.15) is 5.75 Å². The Balaban J connectivity index is 1.65. The molecule has 1 saturated heterocycles. The number of benzene rings is 1. The third kappa shape index (κ3) is 3.10. The van der Waals surface area contributed by atoms with Gasteiger partial charge in [-0.15, -0.1) is 0 Å². The lowest BCUT2D eigenvalue weighted by Crippen LogP contribution is -2.49. The third-order valence-electron chi connectivity index (χ3n) is 4.84. The molecule has 0 aromatic heterocycles. The average Bonchev–Trinajstić information content (AvgIpc) is 3.04. The van der Waals surface area contributed by atoms with Crippen molar-refractivity contribution >= 4 is 11.4 Å². The second-order valence-corrected chi connectivity index (χ2v) is 6.08. The third-order valence-corrected chi connectivity index (χ3v) is 4.84. The van der Waals surface area contributed by atoms with Crippen molar-refractivity contribution in [3.8, 4) is 5.75 Å². The predicted octanol–water partition coefficient (Wildman–Crippen LogP) is 2.73. The van der Waals surface area contributed by atoms with Gasteiger partial charge in [0.05, 0.1) is 18.0 Å². The van der Waals surface area contributed by atoms with Crippen molar-refractivity contribution in [3.63, 3.8) is 0 Å². The van der Waals surface area contributed by atoms with Crippen molar-refractivity contribution in [2.45, 2.75) is 38.6 Å². The van der Waals surface area contributed by atoms with E-state index in [1.807, 2.05) is 19.1 Å². The summed E-state index contributed by atoms with van der Waals surface area (Å²) in [4.78, 5) is 5.08. The Morgan fingerprint density at radius 2 is 1.86 bits per heavy atom. The second kappa shape index (κ2) is 6.56. The predicted molar refractivity (Wildman–Crippen MR) is 88.1 cm³/mol. The van der Waals surface area contributed by atoms with Crippen molar-refractivity contribution in [3.05, 3.63) is 18.2 Å². The minimum atomic E-state index is 0.656. The van der Waals surface area contributed by atoms with Gasteiger partial charge in [-0.05, 0) is 31.9 Å². The van der Waals surface area contributed by atoms with Crippen molar-refractivity contribution in [2.24, 2.45) is 0 Å². The van der Waals surface area contributed by atoms with Gasteiger partial charge in [-0.3, -0.25) is 4.90 Å². The number of nitrogen functional groups attached to an aromatic ring is 1. The number of anilines is 2. The molecule has 0 atom stereocenters.